The first-order valence-electron chi connectivity index (χ1n) is 8.88. The van der Waals surface area contributed by atoms with Crippen LogP contribution < -0.4 is 5.32 Å². The first-order valence-corrected chi connectivity index (χ1v) is 10.1. The minimum absolute atomic E-state index is 0.0466. The number of nitro benzene ring substituents is 1. The molecule has 1 N–H and O–H groups in total. The SMILES string of the molecule is O=C(/C=C/c1ccc(Cl)c([N+](=O)[O-])c1)Nc1nc(-c2cccc3ccccc23)cs1. The second-order valence-corrected chi connectivity index (χ2v) is 7.62. The second kappa shape index (κ2) is 8.44. The van der Waals surface area contributed by atoms with E-state index in [1.54, 1.807) is 6.07 Å². The number of carbonyl (C=O) groups is 1. The van der Waals surface area contributed by atoms with Crippen molar-refractivity contribution in [1.82, 2.24) is 4.98 Å². The number of hydrogen-bond acceptors (Lipinski definition) is 5. The predicted molar refractivity (Wildman–Crippen MR) is 121 cm³/mol. The van der Waals surface area contributed by atoms with Gasteiger partial charge in [0.2, 0.25) is 5.91 Å². The minimum atomic E-state index is -0.565. The van der Waals surface area contributed by atoms with Crippen LogP contribution in [0.2, 0.25) is 5.02 Å². The van der Waals surface area contributed by atoms with E-state index in [-0.39, 0.29) is 16.6 Å². The molecule has 1 amide bonds. The Bertz CT molecular complexity index is 1290. The van der Waals surface area contributed by atoms with Gasteiger partial charge in [0.1, 0.15) is 5.02 Å². The van der Waals surface area contributed by atoms with E-state index in [1.165, 1.54) is 35.6 Å². The molecule has 6 nitrogen and oxygen atoms in total. The number of fused-ring (bicyclic) bond motifs is 1. The van der Waals surface area contributed by atoms with Gasteiger partial charge in [-0.1, -0.05) is 60.1 Å². The lowest BCUT2D eigenvalue weighted by Crippen LogP contribution is -2.07. The maximum absolute atomic E-state index is 12.2. The highest BCUT2D eigenvalue weighted by molar-refractivity contribution is 7.14. The molecule has 0 aliphatic carbocycles. The van der Waals surface area contributed by atoms with Gasteiger partial charge in [-0.2, -0.15) is 0 Å². The summed E-state index contributed by atoms with van der Waals surface area (Å²) in [4.78, 5) is 27.2. The van der Waals surface area contributed by atoms with Crippen molar-refractivity contribution in [3.8, 4) is 11.3 Å². The molecule has 0 saturated carbocycles. The van der Waals surface area contributed by atoms with E-state index in [0.29, 0.717) is 10.7 Å². The van der Waals surface area contributed by atoms with Crippen molar-refractivity contribution in [3.63, 3.8) is 0 Å². The van der Waals surface area contributed by atoms with Gasteiger partial charge in [0.25, 0.3) is 5.69 Å². The van der Waals surface area contributed by atoms with Crippen LogP contribution in [0, 0.1) is 10.1 Å². The third-order valence-electron chi connectivity index (χ3n) is 4.39. The summed E-state index contributed by atoms with van der Waals surface area (Å²) < 4.78 is 0. The average Bonchev–Trinajstić information content (AvgIpc) is 3.20. The molecule has 1 heterocycles. The maximum atomic E-state index is 12.2. The summed E-state index contributed by atoms with van der Waals surface area (Å²) in [6.45, 7) is 0. The van der Waals surface area contributed by atoms with Gasteiger partial charge >= 0.3 is 0 Å². The summed E-state index contributed by atoms with van der Waals surface area (Å²) in [5, 5.41) is 18.3. The van der Waals surface area contributed by atoms with E-state index in [9.17, 15) is 14.9 Å². The fourth-order valence-corrected chi connectivity index (χ4v) is 3.90. The van der Waals surface area contributed by atoms with Crippen LogP contribution in [0.1, 0.15) is 5.56 Å². The number of halogens is 1. The van der Waals surface area contributed by atoms with Crippen molar-refractivity contribution in [2.24, 2.45) is 0 Å². The number of benzene rings is 3. The fraction of sp³-hybridized carbons (Fsp3) is 0. The number of nitrogens with zero attached hydrogens (tertiary/aromatic N) is 2. The molecule has 30 heavy (non-hydrogen) atoms. The number of anilines is 1. The van der Waals surface area contributed by atoms with Gasteiger partial charge in [0, 0.05) is 23.1 Å². The smallest absolute Gasteiger partial charge is 0.288 e. The van der Waals surface area contributed by atoms with Crippen LogP contribution in [0.3, 0.4) is 0 Å². The van der Waals surface area contributed by atoms with Crippen molar-refractivity contribution in [1.29, 1.82) is 0 Å². The molecule has 0 saturated heterocycles. The molecule has 4 aromatic rings. The zero-order valence-electron chi connectivity index (χ0n) is 15.4. The summed E-state index contributed by atoms with van der Waals surface area (Å²) in [5.74, 6) is -0.383. The largest absolute Gasteiger partial charge is 0.298 e. The lowest BCUT2D eigenvalue weighted by molar-refractivity contribution is -0.384. The number of carbonyl (C=O) groups excluding carboxylic acids is 1. The van der Waals surface area contributed by atoms with Gasteiger partial charge < -0.3 is 0 Å². The van der Waals surface area contributed by atoms with Gasteiger partial charge in [-0.05, 0) is 28.5 Å². The van der Waals surface area contributed by atoms with E-state index in [2.05, 4.69) is 10.3 Å². The lowest BCUT2D eigenvalue weighted by atomic mass is 10.0. The van der Waals surface area contributed by atoms with Gasteiger partial charge in [-0.15, -0.1) is 11.3 Å². The third kappa shape index (κ3) is 4.22. The zero-order valence-corrected chi connectivity index (χ0v) is 17.0. The number of thiazole rings is 1. The topological polar surface area (TPSA) is 85.1 Å². The molecule has 148 valence electrons. The van der Waals surface area contributed by atoms with Crippen LogP contribution in [0.4, 0.5) is 10.8 Å². The van der Waals surface area contributed by atoms with Crippen LogP contribution in [0.15, 0.2) is 72.1 Å². The highest BCUT2D eigenvalue weighted by Gasteiger charge is 2.12. The number of nitro groups is 1. The number of rotatable bonds is 5. The summed E-state index contributed by atoms with van der Waals surface area (Å²) in [6.07, 6.45) is 2.78. The number of amides is 1. The molecule has 0 fully saturated rings. The van der Waals surface area contributed by atoms with Crippen molar-refractivity contribution >= 4 is 56.5 Å². The van der Waals surface area contributed by atoms with Crippen molar-refractivity contribution in [2.75, 3.05) is 5.32 Å². The quantitative estimate of drug-likeness (QED) is 0.230. The Morgan fingerprint density at radius 1 is 1.13 bits per heavy atom. The molecule has 0 atom stereocenters. The Labute approximate surface area is 180 Å². The number of hydrogen-bond donors (Lipinski definition) is 1. The Kier molecular flexibility index (Phi) is 5.56. The molecule has 1 aromatic heterocycles. The number of aromatic nitrogens is 1. The normalized spacial score (nSPS) is 11.1. The highest BCUT2D eigenvalue weighted by Crippen LogP contribution is 2.31. The van der Waals surface area contributed by atoms with Crippen LogP contribution in [-0.4, -0.2) is 15.8 Å². The van der Waals surface area contributed by atoms with Crippen molar-refractivity contribution in [3.05, 3.63) is 92.8 Å². The first kappa shape index (κ1) is 19.8. The van der Waals surface area contributed by atoms with E-state index in [1.807, 2.05) is 47.8 Å². The van der Waals surface area contributed by atoms with Crippen LogP contribution in [0.5, 0.6) is 0 Å². The molecule has 0 spiro atoms. The monoisotopic (exact) mass is 435 g/mol. The molecule has 0 aliphatic rings. The van der Waals surface area contributed by atoms with E-state index < -0.39 is 4.92 Å². The second-order valence-electron chi connectivity index (χ2n) is 6.36. The molecule has 0 bridgehead atoms. The Morgan fingerprint density at radius 2 is 1.93 bits per heavy atom. The zero-order chi connectivity index (χ0) is 21.1. The summed E-state index contributed by atoms with van der Waals surface area (Å²) in [7, 11) is 0. The van der Waals surface area contributed by atoms with Crippen molar-refractivity contribution in [2.45, 2.75) is 0 Å². The summed E-state index contributed by atoms with van der Waals surface area (Å²) in [5.41, 5.74) is 2.06. The summed E-state index contributed by atoms with van der Waals surface area (Å²) in [6, 6.07) is 18.4. The highest BCUT2D eigenvalue weighted by atomic mass is 35.5. The molecule has 0 unspecified atom stereocenters. The maximum Gasteiger partial charge on any atom is 0.288 e. The van der Waals surface area contributed by atoms with Gasteiger partial charge in [-0.3, -0.25) is 20.2 Å². The molecule has 0 radical (unpaired) electrons. The van der Waals surface area contributed by atoms with Crippen molar-refractivity contribution < 1.29 is 9.72 Å². The molecule has 0 aliphatic heterocycles. The predicted octanol–water partition coefficient (Wildman–Crippen LogP) is 6.18. The molecule has 8 heteroatoms. The van der Waals surface area contributed by atoms with Gasteiger partial charge in [-0.25, -0.2) is 4.98 Å². The van der Waals surface area contributed by atoms with E-state index in [4.69, 9.17) is 11.6 Å². The lowest BCUT2D eigenvalue weighted by Gasteiger charge is -2.03. The Hall–Kier alpha value is -3.55. The van der Waals surface area contributed by atoms with Gasteiger partial charge in [0.15, 0.2) is 5.13 Å². The minimum Gasteiger partial charge on any atom is -0.298 e. The first-order chi connectivity index (χ1) is 14.5. The standard InChI is InChI=1S/C22H14ClN3O3S/c23-18-10-8-14(12-20(18)26(28)29)9-11-21(27)25-22-24-19(13-30-22)17-7-3-5-15-4-1-2-6-16(15)17/h1-13H,(H,24,25,27)/b11-9+. The average molecular weight is 436 g/mol. The van der Waals surface area contributed by atoms with Crippen LogP contribution >= 0.6 is 22.9 Å². The Balaban J connectivity index is 1.50. The molecule has 4 rings (SSSR count). The molecular formula is C22H14ClN3O3S. The fourth-order valence-electron chi connectivity index (χ4n) is 3.00. The van der Waals surface area contributed by atoms with Crippen LogP contribution in [0.25, 0.3) is 28.1 Å². The third-order valence-corrected chi connectivity index (χ3v) is 5.47. The number of nitrogens with one attached hydrogen (secondary N) is 1. The van der Waals surface area contributed by atoms with Gasteiger partial charge in [0.05, 0.1) is 10.6 Å². The Morgan fingerprint density at radius 3 is 2.77 bits per heavy atom. The molecule has 3 aromatic carbocycles. The van der Waals surface area contributed by atoms with E-state index >= 15 is 0 Å². The van der Waals surface area contributed by atoms with Crippen LogP contribution in [-0.2, 0) is 4.79 Å². The van der Waals surface area contributed by atoms with E-state index in [0.717, 1.165) is 22.0 Å². The summed E-state index contributed by atoms with van der Waals surface area (Å²) >= 11 is 7.13. The molecular weight excluding hydrogens is 422 g/mol.